The van der Waals surface area contributed by atoms with Crippen LogP contribution < -0.4 is 36.7 Å². The van der Waals surface area contributed by atoms with E-state index in [0.29, 0.717) is 149 Å². The lowest BCUT2D eigenvalue weighted by molar-refractivity contribution is -0.127. The average Bonchev–Trinajstić information content (AvgIpc) is 1.63. The topological polar surface area (TPSA) is 323 Å². The molecule has 0 saturated carbocycles. The number of carbonyl (C=O) groups excluding carboxylic acids is 2. The highest BCUT2D eigenvalue weighted by molar-refractivity contribution is 7.92. The predicted molar refractivity (Wildman–Crippen MR) is 374 cm³/mol. The van der Waals surface area contributed by atoms with Gasteiger partial charge in [-0.1, -0.05) is 61.2 Å². The van der Waals surface area contributed by atoms with Crippen LogP contribution in [0.3, 0.4) is 0 Å². The number of hydrogen-bond donors (Lipinski definition) is 4. The average molecular weight is 1330 g/mol. The Hall–Kier alpha value is -12.2. The number of carbonyl (C=O) groups is 2. The molecule has 492 valence electrons. The van der Waals surface area contributed by atoms with E-state index < -0.39 is 10.0 Å². The number of sulfonamides is 1. The molecule has 0 unspecified atom stereocenters. The first-order valence-corrected chi connectivity index (χ1v) is 33.4. The van der Waals surface area contributed by atoms with Crippen LogP contribution in [0.15, 0.2) is 201 Å². The SMILES string of the molecule is C=CC(=O)NCCn1nc(-c2ccc(Oc3ccccc3/C=C/S(=O)(=O)N3CCC(n4nc(-c5ccc(Oc6cccc(C/C=C/C(=O)N7CCC(n8nc(-c9ccc(Oc%10ccccc%10)cc9)c9c(N)ncnc98)CC7)c6)cc5)c5c(N)ncnc54)CC3)cc2)c2c(N)ncnc21. The van der Waals surface area contributed by atoms with Crippen molar-refractivity contribution in [2.45, 2.75) is 50.7 Å². The number of rotatable bonds is 21. The molecule has 0 aliphatic carbocycles. The number of ether oxygens (including phenoxy) is 3. The number of anilines is 3. The molecule has 2 aliphatic rings. The summed E-state index contributed by atoms with van der Waals surface area (Å²) in [5.41, 5.74) is 26.8. The molecule has 2 saturated heterocycles. The molecular formula is C72H66N18O7S. The molecule has 26 heteroatoms. The normalized spacial score (nSPS) is 14.2. The summed E-state index contributed by atoms with van der Waals surface area (Å²) in [4.78, 5) is 53.6. The van der Waals surface area contributed by atoms with E-state index in [1.165, 1.54) is 34.8 Å². The second kappa shape index (κ2) is 27.7. The van der Waals surface area contributed by atoms with Crippen LogP contribution in [-0.2, 0) is 32.6 Å². The quantitative estimate of drug-likeness (QED) is 0.0486. The first kappa shape index (κ1) is 63.2. The summed E-state index contributed by atoms with van der Waals surface area (Å²) in [6.07, 6.45) is 13.3. The Balaban J connectivity index is 0.573. The zero-order valence-electron chi connectivity index (χ0n) is 53.0. The van der Waals surface area contributed by atoms with Crippen molar-refractivity contribution >= 4 is 78.5 Å². The summed E-state index contributed by atoms with van der Waals surface area (Å²) in [6, 6.07) is 46.8. The van der Waals surface area contributed by atoms with Crippen molar-refractivity contribution in [1.82, 2.24) is 73.8 Å². The van der Waals surface area contributed by atoms with Crippen LogP contribution in [0, 0.1) is 0 Å². The van der Waals surface area contributed by atoms with Gasteiger partial charge in [0, 0.05) is 60.4 Å². The minimum Gasteiger partial charge on any atom is -0.457 e. The van der Waals surface area contributed by atoms with Crippen molar-refractivity contribution in [2.75, 3.05) is 49.9 Å². The molecule has 0 atom stereocenters. The van der Waals surface area contributed by atoms with Crippen molar-refractivity contribution in [1.29, 1.82) is 0 Å². The second-order valence-corrected chi connectivity index (χ2v) is 25.4. The molecule has 0 bridgehead atoms. The van der Waals surface area contributed by atoms with Crippen LogP contribution in [0.5, 0.6) is 34.5 Å². The Labute approximate surface area is 562 Å². The standard InChI is InChI=1S/C72H66N18O7S/c1-2-59(91)76-35-40-88-70-61(67(73)77-43-80-70)64(83-88)48-22-28-56(29-23-48)97-58-16-7-6-12-47(58)34-41-98(93,94)87-38-32-52(33-39-87)90-72-63(69(75)79-45-82-72)66(85-90)50-20-26-55(27-21-50)96-57-15-8-10-46(42-57)11-9-17-60(92)86-36-30-51(31-37-86)89-71-62(68(74)78-44-81-71)65(84-89)49-18-24-54(25-19-49)95-53-13-4-3-5-14-53/h2-10,12-29,34,41-45,51-52H,1,11,30-33,35-40H2,(H,76,91)(H2,73,77,80)(H2,74,78,81)(H2,75,79,82)/b17-9+,41-34+. The van der Waals surface area contributed by atoms with Gasteiger partial charge in [-0.05, 0) is 159 Å². The number of nitrogen functional groups attached to an aromatic ring is 3. The van der Waals surface area contributed by atoms with Crippen molar-refractivity contribution in [2.24, 2.45) is 0 Å². The van der Waals surface area contributed by atoms with Gasteiger partial charge >= 0.3 is 0 Å². The first-order chi connectivity index (χ1) is 47.8. The highest BCUT2D eigenvalue weighted by atomic mass is 32.2. The molecule has 8 heterocycles. The van der Waals surface area contributed by atoms with Crippen molar-refractivity contribution in [3.63, 3.8) is 0 Å². The smallest absolute Gasteiger partial charge is 0.246 e. The summed E-state index contributed by atoms with van der Waals surface area (Å²) in [7, 11) is -3.87. The minimum atomic E-state index is -3.87. The van der Waals surface area contributed by atoms with E-state index in [1.54, 1.807) is 41.1 Å². The van der Waals surface area contributed by atoms with E-state index in [4.69, 9.17) is 46.7 Å². The molecule has 98 heavy (non-hydrogen) atoms. The molecule has 2 aliphatic heterocycles. The molecule has 14 rings (SSSR count). The number of benzene rings is 6. The Morgan fingerprint density at radius 3 is 1.62 bits per heavy atom. The van der Waals surface area contributed by atoms with E-state index >= 15 is 0 Å². The van der Waals surface area contributed by atoms with E-state index in [-0.39, 0.29) is 48.6 Å². The summed E-state index contributed by atoms with van der Waals surface area (Å²) in [5.74, 6) is 4.15. The number of nitrogens with one attached hydrogen (secondary N) is 1. The number of nitrogens with zero attached hydrogens (tertiary/aromatic N) is 14. The van der Waals surface area contributed by atoms with Gasteiger partial charge in [-0.3, -0.25) is 9.59 Å². The van der Waals surface area contributed by atoms with Crippen molar-refractivity contribution < 1.29 is 32.2 Å². The second-order valence-electron chi connectivity index (χ2n) is 23.5. The molecule has 6 aromatic carbocycles. The molecule has 7 N–H and O–H groups in total. The summed E-state index contributed by atoms with van der Waals surface area (Å²) >= 11 is 0. The molecule has 12 aromatic rings. The summed E-state index contributed by atoms with van der Waals surface area (Å²) in [6.45, 7) is 5.71. The third-order valence-corrected chi connectivity index (χ3v) is 18.9. The van der Waals surface area contributed by atoms with E-state index in [2.05, 4.69) is 41.8 Å². The highest BCUT2D eigenvalue weighted by Crippen LogP contribution is 2.39. The number of amides is 2. The van der Waals surface area contributed by atoms with Crippen LogP contribution >= 0.6 is 0 Å². The molecule has 25 nitrogen and oxygen atoms in total. The van der Waals surface area contributed by atoms with Gasteiger partial charge in [0.2, 0.25) is 21.8 Å². The lowest BCUT2D eigenvalue weighted by atomic mass is 10.0. The molecule has 0 spiro atoms. The Morgan fingerprint density at radius 2 is 1.04 bits per heavy atom. The monoisotopic (exact) mass is 1330 g/mol. The zero-order valence-corrected chi connectivity index (χ0v) is 53.8. The van der Waals surface area contributed by atoms with Gasteiger partial charge < -0.3 is 41.6 Å². The largest absolute Gasteiger partial charge is 0.457 e. The van der Waals surface area contributed by atoms with E-state index in [1.807, 2.05) is 148 Å². The van der Waals surface area contributed by atoms with Crippen molar-refractivity contribution in [3.8, 4) is 68.3 Å². The van der Waals surface area contributed by atoms with Gasteiger partial charge in [-0.15, -0.1) is 0 Å². The number of piperidine rings is 2. The first-order valence-electron chi connectivity index (χ1n) is 31.9. The fourth-order valence-electron chi connectivity index (χ4n) is 12.3. The fraction of sp³-hybridized carbons (Fsp3) is 0.181. The maximum atomic E-state index is 14.0. The van der Waals surface area contributed by atoms with Gasteiger partial charge in [0.15, 0.2) is 16.9 Å². The number of para-hydroxylation sites is 2. The van der Waals surface area contributed by atoms with Crippen LogP contribution in [-0.4, -0.2) is 121 Å². The van der Waals surface area contributed by atoms with Crippen LogP contribution in [0.1, 0.15) is 48.9 Å². The zero-order chi connectivity index (χ0) is 67.3. The molecular weight excluding hydrogens is 1260 g/mol. The minimum absolute atomic E-state index is 0.00117. The van der Waals surface area contributed by atoms with Crippen molar-refractivity contribution in [3.05, 3.63) is 212 Å². The fourth-order valence-corrected chi connectivity index (χ4v) is 13.6. The molecule has 2 fully saturated rings. The number of hydrogen-bond acceptors (Lipinski definition) is 19. The Kier molecular flexibility index (Phi) is 17.8. The number of allylic oxidation sites excluding steroid dienone is 1. The molecule has 0 radical (unpaired) electrons. The third kappa shape index (κ3) is 13.4. The highest BCUT2D eigenvalue weighted by Gasteiger charge is 2.32. The van der Waals surface area contributed by atoms with Gasteiger partial charge in [-0.2, -0.15) is 19.6 Å². The van der Waals surface area contributed by atoms with Crippen LogP contribution in [0.2, 0.25) is 0 Å². The van der Waals surface area contributed by atoms with Crippen LogP contribution in [0.4, 0.5) is 17.5 Å². The lowest BCUT2D eigenvalue weighted by Crippen LogP contribution is -2.38. The van der Waals surface area contributed by atoms with Gasteiger partial charge in [-0.25, -0.2) is 52.4 Å². The third-order valence-electron chi connectivity index (χ3n) is 17.3. The van der Waals surface area contributed by atoms with Gasteiger partial charge in [0.1, 0.15) is 88.0 Å². The maximum absolute atomic E-state index is 14.0. The van der Waals surface area contributed by atoms with Gasteiger partial charge in [0.25, 0.3) is 0 Å². The number of fused-ring (bicyclic) bond motifs is 3. The number of likely N-dealkylation sites (tertiary alicyclic amines) is 1. The summed E-state index contributed by atoms with van der Waals surface area (Å²) < 4.78 is 53.5. The van der Waals surface area contributed by atoms with Gasteiger partial charge in [0.05, 0.1) is 34.8 Å². The lowest BCUT2D eigenvalue weighted by Gasteiger charge is -2.31. The number of aromatic nitrogens is 12. The Morgan fingerprint density at radius 1 is 0.551 bits per heavy atom. The van der Waals surface area contributed by atoms with E-state index in [9.17, 15) is 18.0 Å². The molecule has 2 amide bonds. The predicted octanol–water partition coefficient (Wildman–Crippen LogP) is 11.1. The van der Waals surface area contributed by atoms with E-state index in [0.717, 1.165) is 28.0 Å². The number of nitrogens with two attached hydrogens (primary N) is 3. The maximum Gasteiger partial charge on any atom is 0.246 e. The summed E-state index contributed by atoms with van der Waals surface area (Å²) in [5, 5.41) is 20.7. The van der Waals surface area contributed by atoms with Crippen LogP contribution in [0.25, 0.3) is 72.9 Å². The Bertz CT molecular complexity index is 5120. The molecule has 6 aromatic heterocycles.